The van der Waals surface area contributed by atoms with Crippen LogP contribution in [-0.2, 0) is 4.74 Å². The van der Waals surface area contributed by atoms with E-state index in [2.05, 4.69) is 10.1 Å². The van der Waals surface area contributed by atoms with Crippen molar-refractivity contribution >= 4 is 23.2 Å². The van der Waals surface area contributed by atoms with Gasteiger partial charge in [0.1, 0.15) is 5.02 Å². The van der Waals surface area contributed by atoms with Crippen molar-refractivity contribution in [1.82, 2.24) is 14.6 Å². The Morgan fingerprint density at radius 3 is 3.12 bits per heavy atom. The van der Waals surface area contributed by atoms with Gasteiger partial charge in [-0.1, -0.05) is 11.6 Å². The molecule has 7 heteroatoms. The Bertz CT molecular complexity index is 552. The number of halogens is 1. The Labute approximate surface area is 95.4 Å². The lowest BCUT2D eigenvalue weighted by molar-refractivity contribution is 0.0519. The highest BCUT2D eigenvalue weighted by Crippen LogP contribution is 2.26. The second-order valence-electron chi connectivity index (χ2n) is 2.92. The molecule has 0 aliphatic rings. The summed E-state index contributed by atoms with van der Waals surface area (Å²) >= 11 is 5.79. The number of hydrogen-bond donors (Lipinski definition) is 1. The fourth-order valence-corrected chi connectivity index (χ4v) is 1.44. The number of esters is 1. The van der Waals surface area contributed by atoms with Crippen molar-refractivity contribution in [3.63, 3.8) is 0 Å². The van der Waals surface area contributed by atoms with E-state index >= 15 is 0 Å². The average molecular weight is 242 g/mol. The zero-order valence-electron chi connectivity index (χ0n) is 8.35. The first kappa shape index (κ1) is 10.7. The maximum Gasteiger partial charge on any atom is 0.358 e. The van der Waals surface area contributed by atoms with E-state index in [1.54, 1.807) is 13.0 Å². The van der Waals surface area contributed by atoms with Gasteiger partial charge in [-0.3, -0.25) is 0 Å². The standard InChI is InChI=1S/C9H8ClN3O3/c1-2-16-9(15)7-6(10)8(14)13-5(12-7)3-4-11-13/h3-4,14H,2H2,1H3. The molecule has 2 aromatic heterocycles. The van der Waals surface area contributed by atoms with Crippen LogP contribution in [-0.4, -0.2) is 32.3 Å². The van der Waals surface area contributed by atoms with Gasteiger partial charge in [0.25, 0.3) is 0 Å². The molecule has 0 fully saturated rings. The van der Waals surface area contributed by atoms with Crippen LogP contribution in [0.25, 0.3) is 5.65 Å². The Balaban J connectivity index is 2.61. The molecule has 0 amide bonds. The number of fused-ring (bicyclic) bond motifs is 1. The van der Waals surface area contributed by atoms with Gasteiger partial charge in [-0.05, 0) is 6.92 Å². The van der Waals surface area contributed by atoms with Crippen LogP contribution in [0.2, 0.25) is 5.02 Å². The van der Waals surface area contributed by atoms with E-state index in [1.807, 2.05) is 0 Å². The zero-order chi connectivity index (χ0) is 11.7. The second kappa shape index (κ2) is 3.97. The average Bonchev–Trinajstić information content (AvgIpc) is 2.71. The van der Waals surface area contributed by atoms with Crippen LogP contribution in [0.4, 0.5) is 0 Å². The van der Waals surface area contributed by atoms with Gasteiger partial charge in [-0.2, -0.15) is 9.61 Å². The number of rotatable bonds is 2. The van der Waals surface area contributed by atoms with E-state index in [9.17, 15) is 9.90 Å². The maximum absolute atomic E-state index is 11.5. The molecule has 2 aromatic rings. The van der Waals surface area contributed by atoms with Gasteiger partial charge < -0.3 is 9.84 Å². The van der Waals surface area contributed by atoms with E-state index in [4.69, 9.17) is 16.3 Å². The lowest BCUT2D eigenvalue weighted by Gasteiger charge is -2.05. The van der Waals surface area contributed by atoms with Crippen LogP contribution in [0.5, 0.6) is 5.88 Å². The summed E-state index contributed by atoms with van der Waals surface area (Å²) in [4.78, 5) is 15.4. The number of ether oxygens (including phenoxy) is 1. The number of aromatic hydroxyl groups is 1. The van der Waals surface area contributed by atoms with E-state index in [0.717, 1.165) is 4.52 Å². The molecule has 16 heavy (non-hydrogen) atoms. The van der Waals surface area contributed by atoms with Crippen LogP contribution in [0.15, 0.2) is 12.3 Å². The molecule has 0 spiro atoms. The third-order valence-electron chi connectivity index (χ3n) is 1.92. The lowest BCUT2D eigenvalue weighted by Crippen LogP contribution is -2.09. The molecule has 0 atom stereocenters. The topological polar surface area (TPSA) is 76.7 Å². The summed E-state index contributed by atoms with van der Waals surface area (Å²) < 4.78 is 5.89. The summed E-state index contributed by atoms with van der Waals surface area (Å²) in [5.74, 6) is -1.01. The van der Waals surface area contributed by atoms with Crippen LogP contribution < -0.4 is 0 Å². The summed E-state index contributed by atoms with van der Waals surface area (Å²) in [7, 11) is 0. The van der Waals surface area contributed by atoms with Gasteiger partial charge in [0.05, 0.1) is 12.8 Å². The molecule has 84 valence electrons. The van der Waals surface area contributed by atoms with Gasteiger partial charge in [-0.15, -0.1) is 0 Å². The molecule has 2 rings (SSSR count). The maximum atomic E-state index is 11.5. The van der Waals surface area contributed by atoms with Crippen molar-refractivity contribution < 1.29 is 14.6 Å². The molecule has 1 N–H and O–H groups in total. The second-order valence-corrected chi connectivity index (χ2v) is 3.30. The molecule has 2 heterocycles. The fourth-order valence-electron chi connectivity index (χ4n) is 1.24. The highest BCUT2D eigenvalue weighted by molar-refractivity contribution is 6.34. The molecule has 0 bridgehead atoms. The predicted molar refractivity (Wildman–Crippen MR) is 55.6 cm³/mol. The molecule has 0 aliphatic carbocycles. The van der Waals surface area contributed by atoms with Gasteiger partial charge >= 0.3 is 5.97 Å². The molecule has 0 radical (unpaired) electrons. The molecular formula is C9H8ClN3O3. The highest BCUT2D eigenvalue weighted by Gasteiger charge is 2.20. The number of hydrogen-bond acceptors (Lipinski definition) is 5. The predicted octanol–water partition coefficient (Wildman–Crippen LogP) is 1.26. The SMILES string of the molecule is CCOC(=O)c1nc2ccnn2c(O)c1Cl. The quantitative estimate of drug-likeness (QED) is 0.801. The molecular weight excluding hydrogens is 234 g/mol. The smallest absolute Gasteiger partial charge is 0.358 e. The Hall–Kier alpha value is -1.82. The number of aromatic nitrogens is 3. The lowest BCUT2D eigenvalue weighted by atomic mass is 10.4. The van der Waals surface area contributed by atoms with E-state index in [1.165, 1.54) is 6.20 Å². The van der Waals surface area contributed by atoms with E-state index in [-0.39, 0.29) is 23.2 Å². The Kier molecular flexibility index (Phi) is 2.66. The molecule has 6 nitrogen and oxygen atoms in total. The summed E-state index contributed by atoms with van der Waals surface area (Å²) in [5, 5.41) is 13.3. The van der Waals surface area contributed by atoms with Crippen molar-refractivity contribution in [3.05, 3.63) is 23.0 Å². The first-order valence-corrected chi connectivity index (χ1v) is 4.92. The minimum absolute atomic E-state index is 0.117. The third-order valence-corrected chi connectivity index (χ3v) is 2.27. The first-order valence-electron chi connectivity index (χ1n) is 4.54. The van der Waals surface area contributed by atoms with Crippen molar-refractivity contribution in [1.29, 1.82) is 0 Å². The largest absolute Gasteiger partial charge is 0.492 e. The van der Waals surface area contributed by atoms with Crippen molar-refractivity contribution in [2.75, 3.05) is 6.61 Å². The van der Waals surface area contributed by atoms with Crippen LogP contribution >= 0.6 is 11.6 Å². The van der Waals surface area contributed by atoms with E-state index in [0.29, 0.717) is 5.65 Å². The van der Waals surface area contributed by atoms with Crippen molar-refractivity contribution in [2.45, 2.75) is 6.92 Å². The first-order chi connectivity index (χ1) is 7.65. The fraction of sp³-hybridized carbons (Fsp3) is 0.222. The summed E-state index contributed by atoms with van der Waals surface area (Å²) in [6.07, 6.45) is 1.44. The Morgan fingerprint density at radius 1 is 1.69 bits per heavy atom. The normalized spacial score (nSPS) is 10.6. The number of nitrogens with zero attached hydrogens (tertiary/aromatic N) is 3. The van der Waals surface area contributed by atoms with Crippen molar-refractivity contribution in [2.24, 2.45) is 0 Å². The summed E-state index contributed by atoms with van der Waals surface area (Å²) in [5.41, 5.74) is 0.207. The number of carbonyl (C=O) groups excluding carboxylic acids is 1. The minimum Gasteiger partial charge on any atom is -0.492 e. The van der Waals surface area contributed by atoms with Gasteiger partial charge in [0, 0.05) is 6.07 Å². The van der Waals surface area contributed by atoms with E-state index < -0.39 is 5.97 Å². The van der Waals surface area contributed by atoms with Crippen LogP contribution in [0.3, 0.4) is 0 Å². The molecule has 0 saturated carbocycles. The minimum atomic E-state index is -0.675. The molecule has 0 saturated heterocycles. The summed E-state index contributed by atoms with van der Waals surface area (Å²) in [6, 6.07) is 1.54. The monoisotopic (exact) mass is 241 g/mol. The third kappa shape index (κ3) is 1.57. The molecule has 0 unspecified atom stereocenters. The summed E-state index contributed by atoms with van der Waals surface area (Å²) in [6.45, 7) is 1.88. The Morgan fingerprint density at radius 2 is 2.44 bits per heavy atom. The number of carbonyl (C=O) groups is 1. The van der Waals surface area contributed by atoms with Gasteiger partial charge in [0.15, 0.2) is 11.3 Å². The molecule has 0 aliphatic heterocycles. The van der Waals surface area contributed by atoms with Crippen LogP contribution in [0, 0.1) is 0 Å². The zero-order valence-corrected chi connectivity index (χ0v) is 9.10. The highest BCUT2D eigenvalue weighted by atomic mass is 35.5. The van der Waals surface area contributed by atoms with Crippen molar-refractivity contribution in [3.8, 4) is 5.88 Å². The van der Waals surface area contributed by atoms with Gasteiger partial charge in [-0.25, -0.2) is 9.78 Å². The van der Waals surface area contributed by atoms with Gasteiger partial charge in [0.2, 0.25) is 5.88 Å². The molecule has 0 aromatic carbocycles. The van der Waals surface area contributed by atoms with Crippen LogP contribution in [0.1, 0.15) is 17.4 Å².